The Hall–Kier alpha value is -0.940. The molecule has 0 aliphatic carbocycles. The monoisotopic (exact) mass is 932 g/mol. The molecule has 0 heterocycles. The third-order valence-electron chi connectivity index (χ3n) is 6.42. The van der Waals surface area contributed by atoms with Crippen molar-refractivity contribution in [3.63, 3.8) is 0 Å². The van der Waals surface area contributed by atoms with E-state index < -0.39 is 26.9 Å². The molecule has 4 aromatic carbocycles. The molecule has 0 N–H and O–H groups in total. The molecule has 4 aromatic rings. The zero-order chi connectivity index (χ0) is 39.8. The topological polar surface area (TPSA) is 111 Å². The fourth-order valence-electron chi connectivity index (χ4n) is 3.66. The summed E-state index contributed by atoms with van der Waals surface area (Å²) in [6.45, 7) is -10.9. The smallest absolute Gasteiger partial charge is 0.380 e. The predicted molar refractivity (Wildman–Crippen MR) is 230 cm³/mol. The van der Waals surface area contributed by atoms with Crippen LogP contribution in [0.1, 0.15) is 0 Å². The SMILES string of the molecule is COP(=S)(OC)Oc1ccc(Sc2ccc(OP(=S)(OC)OC)cc2)cc1.COP(=S)(OC)Oc1ccc(Sc2ccc(OP(=S)(OC)OC)cc2)cc1. The molecule has 4 rings (SSSR count). The minimum Gasteiger partial charge on any atom is -0.424 e. The van der Waals surface area contributed by atoms with Crippen LogP contribution in [-0.2, 0) is 83.4 Å². The van der Waals surface area contributed by atoms with Crippen molar-refractivity contribution in [3.8, 4) is 23.0 Å². The molecule has 0 saturated heterocycles. The van der Waals surface area contributed by atoms with Crippen molar-refractivity contribution < 1.29 is 54.3 Å². The lowest BCUT2D eigenvalue weighted by molar-refractivity contribution is 0.272. The van der Waals surface area contributed by atoms with E-state index in [0.29, 0.717) is 23.0 Å². The van der Waals surface area contributed by atoms with Crippen molar-refractivity contribution in [2.75, 3.05) is 56.9 Å². The second kappa shape index (κ2) is 22.9. The molecule has 0 fully saturated rings. The van der Waals surface area contributed by atoms with Gasteiger partial charge >= 0.3 is 26.9 Å². The predicted octanol–water partition coefficient (Wildman–Crippen LogP) is 11.3. The quantitative estimate of drug-likeness (QED) is 0.0783. The zero-order valence-electron chi connectivity index (χ0n) is 30.4. The lowest BCUT2D eigenvalue weighted by Gasteiger charge is -2.18. The Balaban J connectivity index is 0.000000290. The maximum Gasteiger partial charge on any atom is 0.380 e. The summed E-state index contributed by atoms with van der Waals surface area (Å²) in [7, 11) is 11.8. The van der Waals surface area contributed by atoms with Gasteiger partial charge < -0.3 is 54.3 Å². The van der Waals surface area contributed by atoms with Gasteiger partial charge in [-0.2, -0.15) is 0 Å². The van der Waals surface area contributed by atoms with Crippen LogP contribution in [0, 0.1) is 0 Å². The van der Waals surface area contributed by atoms with E-state index in [1.54, 1.807) is 23.5 Å². The summed E-state index contributed by atoms with van der Waals surface area (Å²) < 4.78 is 63.4. The highest BCUT2D eigenvalue weighted by atomic mass is 32.5. The van der Waals surface area contributed by atoms with Crippen LogP contribution in [0.5, 0.6) is 23.0 Å². The van der Waals surface area contributed by atoms with Crippen molar-refractivity contribution in [1.82, 2.24) is 0 Å². The molecule has 0 aromatic heterocycles. The Morgan fingerprint density at radius 1 is 0.296 bits per heavy atom. The molecule has 0 saturated carbocycles. The molecule has 12 nitrogen and oxygen atoms in total. The van der Waals surface area contributed by atoms with Gasteiger partial charge in [0.05, 0.1) is 0 Å². The number of benzene rings is 4. The van der Waals surface area contributed by atoms with Gasteiger partial charge in [-0.15, -0.1) is 0 Å². The number of rotatable bonds is 20. The molecule has 0 bridgehead atoms. The van der Waals surface area contributed by atoms with Crippen LogP contribution in [0.4, 0.5) is 0 Å². The van der Waals surface area contributed by atoms with Crippen LogP contribution < -0.4 is 18.1 Å². The summed E-state index contributed by atoms with van der Waals surface area (Å²) in [4.78, 5) is 4.16. The van der Waals surface area contributed by atoms with Gasteiger partial charge in [-0.05, 0) is 97.1 Å². The van der Waals surface area contributed by atoms with Crippen LogP contribution in [0.25, 0.3) is 0 Å². The first-order chi connectivity index (χ1) is 25.7. The summed E-state index contributed by atoms with van der Waals surface area (Å²) in [5, 5.41) is 0. The Labute approximate surface area is 346 Å². The molecular weight excluding hydrogens is 893 g/mol. The van der Waals surface area contributed by atoms with E-state index in [2.05, 4.69) is 0 Å². The average Bonchev–Trinajstić information content (AvgIpc) is 3.21. The van der Waals surface area contributed by atoms with Crippen molar-refractivity contribution >= 4 is 97.6 Å². The fraction of sp³-hybridized carbons (Fsp3) is 0.250. The van der Waals surface area contributed by atoms with E-state index in [1.165, 1.54) is 56.9 Å². The largest absolute Gasteiger partial charge is 0.424 e. The highest BCUT2D eigenvalue weighted by molar-refractivity contribution is 8.08. The summed E-state index contributed by atoms with van der Waals surface area (Å²) in [5.41, 5.74) is 0. The second-order valence-electron chi connectivity index (χ2n) is 9.70. The molecular formula is C32H40O12P4S6. The molecule has 54 heavy (non-hydrogen) atoms. The molecule has 0 spiro atoms. The molecule has 0 radical (unpaired) electrons. The Kier molecular flexibility index (Phi) is 20.1. The van der Waals surface area contributed by atoms with Crippen LogP contribution in [-0.4, -0.2) is 56.9 Å². The van der Waals surface area contributed by atoms with Gasteiger partial charge in [0.15, 0.2) is 0 Å². The molecule has 22 heteroatoms. The van der Waals surface area contributed by atoms with Crippen molar-refractivity contribution in [2.24, 2.45) is 0 Å². The van der Waals surface area contributed by atoms with E-state index in [9.17, 15) is 0 Å². The van der Waals surface area contributed by atoms with Crippen LogP contribution >= 0.6 is 50.4 Å². The molecule has 0 aliphatic rings. The minimum absolute atomic E-state index is 0.597. The average molecular weight is 933 g/mol. The van der Waals surface area contributed by atoms with E-state index in [-0.39, 0.29) is 0 Å². The Morgan fingerprint density at radius 2 is 0.444 bits per heavy atom. The summed E-state index contributed by atoms with van der Waals surface area (Å²) in [5.74, 6) is 2.39. The summed E-state index contributed by atoms with van der Waals surface area (Å²) in [6, 6.07) is 30.1. The van der Waals surface area contributed by atoms with Crippen molar-refractivity contribution in [2.45, 2.75) is 19.6 Å². The molecule has 296 valence electrons. The highest BCUT2D eigenvalue weighted by Gasteiger charge is 2.21. The second-order valence-corrected chi connectivity index (χ2v) is 24.6. The molecule has 0 aliphatic heterocycles. The molecule has 0 unspecified atom stereocenters. The van der Waals surface area contributed by atoms with Crippen LogP contribution in [0.3, 0.4) is 0 Å². The fourth-order valence-corrected chi connectivity index (χ4v) is 9.04. The van der Waals surface area contributed by atoms with Crippen LogP contribution in [0.15, 0.2) is 117 Å². The van der Waals surface area contributed by atoms with Gasteiger partial charge in [0.1, 0.15) is 23.0 Å². The Morgan fingerprint density at radius 3 is 0.574 bits per heavy atom. The van der Waals surface area contributed by atoms with E-state index in [1.807, 2.05) is 97.1 Å². The lowest BCUT2D eigenvalue weighted by Crippen LogP contribution is -1.96. The standard InChI is InChI=1S/2C16H20O6P2S3/c2*1-17-23(25,18-2)21-13-5-9-15(10-6-13)27-16-11-7-14(8-12-16)22-24(26,19-3)20-4/h2*5-12H,1-4H3. The van der Waals surface area contributed by atoms with Gasteiger partial charge in [-0.1, -0.05) is 23.5 Å². The normalized spacial score (nSPS) is 12.0. The van der Waals surface area contributed by atoms with Gasteiger partial charge in [0.2, 0.25) is 0 Å². The first kappa shape index (κ1) is 47.4. The van der Waals surface area contributed by atoms with Gasteiger partial charge in [-0.3, -0.25) is 0 Å². The molecule has 0 atom stereocenters. The minimum atomic E-state index is -2.73. The number of hydrogen-bond donors (Lipinski definition) is 0. The van der Waals surface area contributed by atoms with E-state index >= 15 is 0 Å². The van der Waals surface area contributed by atoms with Gasteiger partial charge in [0, 0.05) is 124 Å². The maximum absolute atomic E-state index is 5.61. The first-order valence-electron chi connectivity index (χ1n) is 15.1. The number of hydrogen-bond acceptors (Lipinski definition) is 18. The highest BCUT2D eigenvalue weighted by Crippen LogP contribution is 2.51. The van der Waals surface area contributed by atoms with Gasteiger partial charge in [-0.25, -0.2) is 0 Å². The van der Waals surface area contributed by atoms with Crippen LogP contribution in [0.2, 0.25) is 0 Å². The van der Waals surface area contributed by atoms with E-state index in [4.69, 9.17) is 102 Å². The van der Waals surface area contributed by atoms with Crippen molar-refractivity contribution in [3.05, 3.63) is 97.1 Å². The third kappa shape index (κ3) is 15.4. The first-order valence-corrected chi connectivity index (χ1v) is 27.0. The lowest BCUT2D eigenvalue weighted by atomic mass is 10.3. The summed E-state index contributed by atoms with van der Waals surface area (Å²) in [6.07, 6.45) is 0. The zero-order valence-corrected chi connectivity index (χ0v) is 38.9. The van der Waals surface area contributed by atoms with Crippen molar-refractivity contribution in [1.29, 1.82) is 0 Å². The molecule has 0 amide bonds. The summed E-state index contributed by atoms with van der Waals surface area (Å²) >= 11 is 24.0. The van der Waals surface area contributed by atoms with Gasteiger partial charge in [0.25, 0.3) is 0 Å². The third-order valence-corrected chi connectivity index (χ3v) is 18.2. The maximum atomic E-state index is 5.61. The van der Waals surface area contributed by atoms with E-state index in [0.717, 1.165) is 19.6 Å². The Bertz CT molecular complexity index is 1630.